The van der Waals surface area contributed by atoms with E-state index in [0.717, 1.165) is 18.8 Å². The van der Waals surface area contributed by atoms with Crippen molar-refractivity contribution < 1.29 is 0 Å². The Bertz CT molecular complexity index is 582. The minimum atomic E-state index is 0.0974. The predicted octanol–water partition coefficient (Wildman–Crippen LogP) is 3.44. The normalized spacial score (nSPS) is 20.0. The largest absolute Gasteiger partial charge is 0.289 e. The molecule has 1 saturated heterocycles. The van der Waals surface area contributed by atoms with Crippen LogP contribution in [0.1, 0.15) is 56.7 Å². The van der Waals surface area contributed by atoms with E-state index in [1.165, 1.54) is 24.2 Å². The van der Waals surface area contributed by atoms with Crippen LogP contribution in [0.15, 0.2) is 30.5 Å². The van der Waals surface area contributed by atoms with Crippen LogP contribution in [-0.4, -0.2) is 26.6 Å². The lowest BCUT2D eigenvalue weighted by Gasteiger charge is -2.23. The first-order valence-electron chi connectivity index (χ1n) is 7.74. The third kappa shape index (κ3) is 3.16. The highest BCUT2D eigenvalue weighted by Crippen LogP contribution is 2.32. The highest BCUT2D eigenvalue weighted by Gasteiger charge is 2.27. The maximum Gasteiger partial charge on any atom is 0.0678 e. The molecule has 3 heterocycles. The number of H-pyrrole nitrogens is 1. The Hall–Kier alpha value is -1.68. The molecular formula is C17H24N4. The zero-order valence-corrected chi connectivity index (χ0v) is 13.1. The third-order valence-corrected chi connectivity index (χ3v) is 4.17. The number of likely N-dealkylation sites (tertiary alicyclic amines) is 1. The van der Waals surface area contributed by atoms with Crippen molar-refractivity contribution >= 4 is 0 Å². The van der Waals surface area contributed by atoms with Gasteiger partial charge in [0.15, 0.2) is 0 Å². The monoisotopic (exact) mass is 284 g/mol. The zero-order valence-electron chi connectivity index (χ0n) is 13.1. The van der Waals surface area contributed by atoms with Gasteiger partial charge in [0.05, 0.1) is 17.4 Å². The van der Waals surface area contributed by atoms with Crippen LogP contribution in [0.25, 0.3) is 0 Å². The van der Waals surface area contributed by atoms with Gasteiger partial charge in [-0.25, -0.2) is 0 Å². The van der Waals surface area contributed by atoms with Gasteiger partial charge in [-0.2, -0.15) is 5.10 Å². The lowest BCUT2D eigenvalue weighted by Crippen LogP contribution is -2.23. The van der Waals surface area contributed by atoms with Crippen LogP contribution in [0.3, 0.4) is 0 Å². The van der Waals surface area contributed by atoms with Crippen molar-refractivity contribution in [3.63, 3.8) is 0 Å². The molecule has 1 N–H and O–H groups in total. The first-order valence-corrected chi connectivity index (χ1v) is 7.74. The molecule has 0 aromatic carbocycles. The van der Waals surface area contributed by atoms with Crippen molar-refractivity contribution in [3.8, 4) is 0 Å². The van der Waals surface area contributed by atoms with Crippen LogP contribution >= 0.6 is 0 Å². The van der Waals surface area contributed by atoms with E-state index in [2.05, 4.69) is 59.1 Å². The van der Waals surface area contributed by atoms with Crippen molar-refractivity contribution in [2.45, 2.75) is 51.6 Å². The summed E-state index contributed by atoms with van der Waals surface area (Å²) in [5.41, 5.74) is 3.61. The molecular weight excluding hydrogens is 260 g/mol. The van der Waals surface area contributed by atoms with Crippen LogP contribution in [0, 0.1) is 0 Å². The first-order chi connectivity index (χ1) is 10.0. The molecule has 1 atom stereocenters. The van der Waals surface area contributed by atoms with Gasteiger partial charge in [-0.1, -0.05) is 26.8 Å². The minimum Gasteiger partial charge on any atom is -0.289 e. The quantitative estimate of drug-likeness (QED) is 0.939. The number of hydrogen-bond donors (Lipinski definition) is 1. The third-order valence-electron chi connectivity index (χ3n) is 4.17. The molecule has 0 amide bonds. The van der Waals surface area contributed by atoms with Crippen LogP contribution in [-0.2, 0) is 12.0 Å². The van der Waals surface area contributed by atoms with Crippen molar-refractivity contribution in [1.82, 2.24) is 20.1 Å². The van der Waals surface area contributed by atoms with Crippen LogP contribution < -0.4 is 0 Å². The molecule has 3 rings (SSSR count). The number of aromatic nitrogens is 3. The van der Waals surface area contributed by atoms with Gasteiger partial charge < -0.3 is 0 Å². The van der Waals surface area contributed by atoms with E-state index in [1.807, 2.05) is 12.3 Å². The lowest BCUT2D eigenvalue weighted by molar-refractivity contribution is 0.241. The summed E-state index contributed by atoms with van der Waals surface area (Å²) in [5.74, 6) is 0. The molecule has 1 aliphatic rings. The summed E-state index contributed by atoms with van der Waals surface area (Å²) < 4.78 is 0. The van der Waals surface area contributed by atoms with E-state index in [9.17, 15) is 0 Å². The fraction of sp³-hybridized carbons (Fsp3) is 0.529. The number of aromatic amines is 1. The molecule has 0 bridgehead atoms. The molecule has 112 valence electrons. The van der Waals surface area contributed by atoms with E-state index in [4.69, 9.17) is 0 Å². The molecule has 4 heteroatoms. The summed E-state index contributed by atoms with van der Waals surface area (Å²) in [7, 11) is 0. The average molecular weight is 284 g/mol. The van der Waals surface area contributed by atoms with Gasteiger partial charge in [0.25, 0.3) is 0 Å². The average Bonchev–Trinajstić information content (AvgIpc) is 3.09. The molecule has 21 heavy (non-hydrogen) atoms. The van der Waals surface area contributed by atoms with Gasteiger partial charge in [-0.3, -0.25) is 15.0 Å². The van der Waals surface area contributed by atoms with E-state index in [0.29, 0.717) is 6.04 Å². The number of rotatable bonds is 3. The number of pyridine rings is 1. The van der Waals surface area contributed by atoms with E-state index >= 15 is 0 Å². The molecule has 1 aliphatic heterocycles. The second-order valence-electron chi connectivity index (χ2n) is 6.91. The Kier molecular flexibility index (Phi) is 3.81. The van der Waals surface area contributed by atoms with Gasteiger partial charge in [-0.05, 0) is 37.6 Å². The van der Waals surface area contributed by atoms with Crippen LogP contribution in [0.2, 0.25) is 0 Å². The molecule has 1 unspecified atom stereocenters. The van der Waals surface area contributed by atoms with Gasteiger partial charge in [0.2, 0.25) is 0 Å². The summed E-state index contributed by atoms with van der Waals surface area (Å²) >= 11 is 0. The molecule has 2 aromatic rings. The Balaban J connectivity index is 1.73. The second-order valence-corrected chi connectivity index (χ2v) is 6.91. The molecule has 0 saturated carbocycles. The number of nitrogens with zero attached hydrogens (tertiary/aromatic N) is 3. The minimum absolute atomic E-state index is 0.0974. The van der Waals surface area contributed by atoms with Gasteiger partial charge in [0.1, 0.15) is 0 Å². The van der Waals surface area contributed by atoms with E-state index < -0.39 is 0 Å². The topological polar surface area (TPSA) is 44.8 Å². The van der Waals surface area contributed by atoms with Crippen molar-refractivity contribution in [1.29, 1.82) is 0 Å². The standard InChI is InChI=1S/C17H24N4/c1-17(2,3)16-11-13(19-20-16)12-21-10-6-8-15(21)14-7-4-5-9-18-14/h4-5,7,9,11,15H,6,8,10,12H2,1-3H3,(H,19,20). The Morgan fingerprint density at radius 1 is 1.33 bits per heavy atom. The smallest absolute Gasteiger partial charge is 0.0678 e. The molecule has 0 aliphatic carbocycles. The molecule has 2 aromatic heterocycles. The number of nitrogens with one attached hydrogen (secondary N) is 1. The van der Waals surface area contributed by atoms with Crippen LogP contribution in [0.5, 0.6) is 0 Å². The maximum absolute atomic E-state index is 4.53. The fourth-order valence-electron chi connectivity index (χ4n) is 2.97. The molecule has 1 fully saturated rings. The highest BCUT2D eigenvalue weighted by atomic mass is 15.2. The number of hydrogen-bond acceptors (Lipinski definition) is 3. The predicted molar refractivity (Wildman–Crippen MR) is 83.9 cm³/mol. The van der Waals surface area contributed by atoms with Gasteiger partial charge >= 0.3 is 0 Å². The summed E-state index contributed by atoms with van der Waals surface area (Å²) in [5, 5.41) is 7.66. The Morgan fingerprint density at radius 2 is 2.19 bits per heavy atom. The Labute approximate surface area is 126 Å². The fourth-order valence-corrected chi connectivity index (χ4v) is 2.97. The first kappa shape index (κ1) is 14.3. The van der Waals surface area contributed by atoms with Crippen LogP contribution in [0.4, 0.5) is 0 Å². The Morgan fingerprint density at radius 3 is 2.86 bits per heavy atom. The van der Waals surface area contributed by atoms with Gasteiger partial charge in [-0.15, -0.1) is 0 Å². The maximum atomic E-state index is 4.53. The summed E-state index contributed by atoms with van der Waals surface area (Å²) in [6.07, 6.45) is 4.32. The summed E-state index contributed by atoms with van der Waals surface area (Å²) in [6.45, 7) is 8.63. The second kappa shape index (κ2) is 5.60. The van der Waals surface area contributed by atoms with Crippen molar-refractivity contribution in [3.05, 3.63) is 47.5 Å². The zero-order chi connectivity index (χ0) is 14.9. The van der Waals surface area contributed by atoms with Crippen molar-refractivity contribution in [2.24, 2.45) is 0 Å². The SMILES string of the molecule is CC(C)(C)c1cc(CN2CCCC2c2ccccn2)[nH]n1. The van der Waals surface area contributed by atoms with Crippen molar-refractivity contribution in [2.75, 3.05) is 6.54 Å². The highest BCUT2D eigenvalue weighted by molar-refractivity contribution is 5.17. The summed E-state index contributed by atoms with van der Waals surface area (Å²) in [6, 6.07) is 8.83. The lowest BCUT2D eigenvalue weighted by atomic mass is 9.92. The molecule has 0 spiro atoms. The van der Waals surface area contributed by atoms with Gasteiger partial charge in [0, 0.05) is 23.9 Å². The van der Waals surface area contributed by atoms with E-state index in [-0.39, 0.29) is 5.41 Å². The summed E-state index contributed by atoms with van der Waals surface area (Å²) in [4.78, 5) is 7.03. The molecule has 4 nitrogen and oxygen atoms in total. The molecule has 0 radical (unpaired) electrons. The van der Waals surface area contributed by atoms with E-state index in [1.54, 1.807) is 0 Å².